The first-order chi connectivity index (χ1) is 29.2. The van der Waals surface area contributed by atoms with Crippen molar-refractivity contribution in [3.05, 3.63) is 194 Å². The zero-order valence-corrected chi connectivity index (χ0v) is 31.7. The summed E-state index contributed by atoms with van der Waals surface area (Å²) in [5.74, 6) is 0. The van der Waals surface area contributed by atoms with Gasteiger partial charge in [-0.15, -0.1) is 0 Å². The van der Waals surface area contributed by atoms with Gasteiger partial charge in [0.25, 0.3) is 0 Å². The molecule has 0 aliphatic heterocycles. The number of furan rings is 3. The van der Waals surface area contributed by atoms with Crippen LogP contribution in [0.5, 0.6) is 0 Å². The number of rotatable bonds is 4. The Balaban J connectivity index is 1.16. The van der Waals surface area contributed by atoms with Crippen LogP contribution in [0, 0.1) is 0 Å². The number of para-hydroxylation sites is 3. The number of benzene rings is 10. The van der Waals surface area contributed by atoms with E-state index in [1.807, 2.05) is 12.1 Å². The smallest absolute Gasteiger partial charge is 0.143 e. The first-order valence-electron chi connectivity index (χ1n) is 20.1. The van der Waals surface area contributed by atoms with E-state index in [0.717, 1.165) is 121 Å². The lowest BCUT2D eigenvalue weighted by molar-refractivity contribution is 0.669. The van der Waals surface area contributed by atoms with E-state index in [9.17, 15) is 0 Å². The molecular formula is C56H32O3. The number of hydrogen-bond acceptors (Lipinski definition) is 3. The molecule has 0 spiro atoms. The minimum atomic E-state index is 0.845. The molecule has 13 aromatic rings. The van der Waals surface area contributed by atoms with Crippen LogP contribution in [0.2, 0.25) is 0 Å². The third kappa shape index (κ3) is 4.82. The Kier molecular flexibility index (Phi) is 6.72. The Morgan fingerprint density at radius 3 is 1.78 bits per heavy atom. The standard InChI is InChI=1S/C56H32O3/c1-2-13-35-29-36(24-23-33(35)11-1)37-30-38(41-17-9-19-45-42-15-5-7-20-48(42)58-55(41)45)32-39(31-37)52-44(27-28-51-54(52)46-16-6-8-21-49(46)57-51)43-18-10-22-50-53(43)47-26-25-34-12-3-4-14-40(34)56(47)59-50/h1-32H. The van der Waals surface area contributed by atoms with Crippen molar-refractivity contribution in [3.63, 3.8) is 0 Å². The molecule has 3 heterocycles. The van der Waals surface area contributed by atoms with Gasteiger partial charge in [0, 0.05) is 48.8 Å². The summed E-state index contributed by atoms with van der Waals surface area (Å²) in [4.78, 5) is 0. The van der Waals surface area contributed by atoms with Crippen LogP contribution < -0.4 is 0 Å². The van der Waals surface area contributed by atoms with E-state index in [1.54, 1.807) is 0 Å². The van der Waals surface area contributed by atoms with Gasteiger partial charge in [-0.05, 0) is 110 Å². The van der Waals surface area contributed by atoms with Crippen LogP contribution in [0.3, 0.4) is 0 Å². The molecule has 0 radical (unpaired) electrons. The topological polar surface area (TPSA) is 39.4 Å². The Hall–Kier alpha value is -7.88. The van der Waals surface area contributed by atoms with Crippen molar-refractivity contribution in [2.75, 3.05) is 0 Å². The van der Waals surface area contributed by atoms with Gasteiger partial charge < -0.3 is 13.3 Å². The molecule has 3 aromatic heterocycles. The summed E-state index contributed by atoms with van der Waals surface area (Å²) in [6.45, 7) is 0. The first-order valence-corrected chi connectivity index (χ1v) is 20.1. The van der Waals surface area contributed by atoms with Gasteiger partial charge in [-0.2, -0.15) is 0 Å². The zero-order chi connectivity index (χ0) is 38.6. The van der Waals surface area contributed by atoms with Gasteiger partial charge in [-0.25, -0.2) is 0 Å². The van der Waals surface area contributed by atoms with Gasteiger partial charge in [0.2, 0.25) is 0 Å². The summed E-state index contributed by atoms with van der Waals surface area (Å²) in [5.41, 5.74) is 14.0. The molecular weight excluding hydrogens is 721 g/mol. The predicted octanol–water partition coefficient (Wildman–Crippen LogP) is 16.4. The molecule has 3 nitrogen and oxygen atoms in total. The van der Waals surface area contributed by atoms with Crippen LogP contribution in [-0.4, -0.2) is 0 Å². The van der Waals surface area contributed by atoms with Crippen molar-refractivity contribution < 1.29 is 13.3 Å². The van der Waals surface area contributed by atoms with Crippen LogP contribution in [0.4, 0.5) is 0 Å². The van der Waals surface area contributed by atoms with Gasteiger partial charge in [0.05, 0.1) is 0 Å². The predicted molar refractivity (Wildman–Crippen MR) is 245 cm³/mol. The van der Waals surface area contributed by atoms with Gasteiger partial charge in [0.15, 0.2) is 0 Å². The Morgan fingerprint density at radius 1 is 0.254 bits per heavy atom. The highest BCUT2D eigenvalue weighted by atomic mass is 16.3. The summed E-state index contributed by atoms with van der Waals surface area (Å²) in [6.07, 6.45) is 0. The van der Waals surface area contributed by atoms with Gasteiger partial charge in [-0.1, -0.05) is 133 Å². The lowest BCUT2D eigenvalue weighted by Gasteiger charge is -2.17. The van der Waals surface area contributed by atoms with Crippen molar-refractivity contribution in [1.29, 1.82) is 0 Å². The molecule has 0 fully saturated rings. The molecule has 10 aromatic carbocycles. The third-order valence-electron chi connectivity index (χ3n) is 12.2. The fourth-order valence-corrected chi connectivity index (χ4v) is 9.56. The summed E-state index contributed by atoms with van der Waals surface area (Å²) >= 11 is 0. The summed E-state index contributed by atoms with van der Waals surface area (Å²) in [6, 6.07) is 69.2. The zero-order valence-electron chi connectivity index (χ0n) is 31.7. The maximum absolute atomic E-state index is 6.74. The second-order valence-corrected chi connectivity index (χ2v) is 15.5. The first kappa shape index (κ1) is 32.2. The fraction of sp³-hybridized carbons (Fsp3) is 0. The van der Waals surface area contributed by atoms with E-state index in [2.05, 4.69) is 182 Å². The number of fused-ring (bicyclic) bond motifs is 12. The monoisotopic (exact) mass is 752 g/mol. The average Bonchev–Trinajstić information content (AvgIpc) is 4.00. The fourth-order valence-electron chi connectivity index (χ4n) is 9.56. The van der Waals surface area contributed by atoms with Crippen molar-refractivity contribution in [1.82, 2.24) is 0 Å². The molecule has 0 unspecified atom stereocenters. The molecule has 0 N–H and O–H groups in total. The minimum Gasteiger partial charge on any atom is -0.456 e. The van der Waals surface area contributed by atoms with E-state index in [4.69, 9.17) is 13.3 Å². The van der Waals surface area contributed by atoms with Crippen LogP contribution in [0.15, 0.2) is 207 Å². The second kappa shape index (κ2) is 12.3. The molecule has 59 heavy (non-hydrogen) atoms. The second-order valence-electron chi connectivity index (χ2n) is 15.5. The van der Waals surface area contributed by atoms with Crippen LogP contribution >= 0.6 is 0 Å². The summed E-state index contributed by atoms with van der Waals surface area (Å²) < 4.78 is 20.1. The molecule has 3 heteroatoms. The Labute approximate surface area is 337 Å². The van der Waals surface area contributed by atoms with E-state index in [1.165, 1.54) is 10.8 Å². The highest BCUT2D eigenvalue weighted by molar-refractivity contribution is 6.23. The molecule has 0 aliphatic rings. The average molecular weight is 753 g/mol. The van der Waals surface area contributed by atoms with Crippen molar-refractivity contribution in [3.8, 4) is 44.5 Å². The van der Waals surface area contributed by atoms with Crippen LogP contribution in [0.1, 0.15) is 0 Å². The minimum absolute atomic E-state index is 0.845. The van der Waals surface area contributed by atoms with Gasteiger partial charge in [-0.3, -0.25) is 0 Å². The molecule has 0 atom stereocenters. The van der Waals surface area contributed by atoms with Crippen molar-refractivity contribution in [2.45, 2.75) is 0 Å². The number of hydrogen-bond donors (Lipinski definition) is 0. The molecule has 0 saturated carbocycles. The summed E-state index contributed by atoms with van der Waals surface area (Å²) in [7, 11) is 0. The Bertz CT molecular complexity index is 3850. The lowest BCUT2D eigenvalue weighted by Crippen LogP contribution is -1.91. The maximum Gasteiger partial charge on any atom is 0.143 e. The molecule has 0 amide bonds. The SMILES string of the molecule is c1ccc2cc(-c3cc(-c4cccc5c4oc4ccccc45)cc(-c4c(-c5cccc6oc7c8ccccc8ccc7c56)ccc5oc6ccccc6c45)c3)ccc2c1. The van der Waals surface area contributed by atoms with Gasteiger partial charge >= 0.3 is 0 Å². The van der Waals surface area contributed by atoms with Crippen LogP contribution in [-0.2, 0) is 0 Å². The molecule has 13 rings (SSSR count). The lowest BCUT2D eigenvalue weighted by atomic mass is 9.86. The van der Waals surface area contributed by atoms with Gasteiger partial charge in [0.1, 0.15) is 33.5 Å². The Morgan fingerprint density at radius 2 is 0.881 bits per heavy atom. The molecule has 0 aliphatic carbocycles. The molecule has 0 saturated heterocycles. The molecule has 0 bridgehead atoms. The maximum atomic E-state index is 6.74. The third-order valence-corrected chi connectivity index (χ3v) is 12.2. The van der Waals surface area contributed by atoms with Crippen molar-refractivity contribution in [2.24, 2.45) is 0 Å². The van der Waals surface area contributed by atoms with E-state index >= 15 is 0 Å². The largest absolute Gasteiger partial charge is 0.456 e. The highest BCUT2D eigenvalue weighted by Gasteiger charge is 2.23. The van der Waals surface area contributed by atoms with E-state index < -0.39 is 0 Å². The summed E-state index contributed by atoms with van der Waals surface area (Å²) in [5, 5.41) is 11.2. The molecule has 274 valence electrons. The van der Waals surface area contributed by atoms with Crippen molar-refractivity contribution >= 4 is 87.4 Å². The van der Waals surface area contributed by atoms with E-state index in [-0.39, 0.29) is 0 Å². The van der Waals surface area contributed by atoms with E-state index in [0.29, 0.717) is 0 Å². The normalized spacial score (nSPS) is 12.1. The quantitative estimate of drug-likeness (QED) is 0.180. The van der Waals surface area contributed by atoms with Crippen LogP contribution in [0.25, 0.3) is 132 Å². The highest BCUT2D eigenvalue weighted by Crippen LogP contribution is 2.49.